The first kappa shape index (κ1) is 11.1. The zero-order valence-corrected chi connectivity index (χ0v) is 9.75. The molecule has 0 atom stereocenters. The highest BCUT2D eigenvalue weighted by Crippen LogP contribution is 2.31. The van der Waals surface area contributed by atoms with E-state index in [0.717, 1.165) is 16.9 Å². The van der Waals surface area contributed by atoms with Crippen LogP contribution in [0.1, 0.15) is 0 Å². The molecule has 0 aliphatic rings. The predicted molar refractivity (Wildman–Crippen MR) is 63.3 cm³/mol. The predicted octanol–water partition coefficient (Wildman–Crippen LogP) is 1.04. The van der Waals surface area contributed by atoms with Crippen LogP contribution < -0.4 is 10.9 Å². The van der Waals surface area contributed by atoms with Crippen molar-refractivity contribution in [2.75, 3.05) is 5.73 Å². The Kier molecular flexibility index (Phi) is 2.66. The fourth-order valence-corrected chi connectivity index (χ4v) is 2.77. The summed E-state index contributed by atoms with van der Waals surface area (Å²) in [6, 6.07) is 9.11. The van der Waals surface area contributed by atoms with Crippen LogP contribution in [-0.2, 0) is 10.0 Å². The van der Waals surface area contributed by atoms with Gasteiger partial charge in [-0.3, -0.25) is 0 Å². The first-order valence-corrected chi connectivity index (χ1v) is 6.69. The number of nitrogens with zero attached hydrogens (tertiary/aromatic N) is 1. The molecule has 84 valence electrons. The van der Waals surface area contributed by atoms with Crippen molar-refractivity contribution in [3.63, 3.8) is 0 Å². The van der Waals surface area contributed by atoms with Crippen molar-refractivity contribution < 1.29 is 8.42 Å². The lowest BCUT2D eigenvalue weighted by atomic mass is 10.2. The van der Waals surface area contributed by atoms with E-state index in [-0.39, 0.29) is 4.34 Å². The molecule has 4 N–H and O–H groups in total. The molecule has 1 heterocycles. The molecular weight excluding hydrogens is 246 g/mol. The van der Waals surface area contributed by atoms with Crippen LogP contribution in [-0.4, -0.2) is 13.4 Å². The van der Waals surface area contributed by atoms with Crippen molar-refractivity contribution in [3.8, 4) is 11.3 Å². The number of hydrogen-bond acceptors (Lipinski definition) is 5. The van der Waals surface area contributed by atoms with Crippen molar-refractivity contribution >= 4 is 26.4 Å². The molecule has 1 aromatic heterocycles. The Hall–Kier alpha value is -1.44. The summed E-state index contributed by atoms with van der Waals surface area (Å²) in [4.78, 5) is 3.93. The lowest BCUT2D eigenvalue weighted by Gasteiger charge is -1.96. The number of anilines is 1. The van der Waals surface area contributed by atoms with E-state index in [1.807, 2.05) is 18.2 Å². The standard InChI is InChI=1S/C9H9N3O2S2/c10-8-7(6-4-2-1-3-5-6)12-9(15-8)16(11,13)14/h1-5H,10H2,(H2,11,13,14). The first-order valence-electron chi connectivity index (χ1n) is 4.33. The number of benzene rings is 1. The highest BCUT2D eigenvalue weighted by atomic mass is 32.2. The van der Waals surface area contributed by atoms with Gasteiger partial charge in [0.25, 0.3) is 10.0 Å². The van der Waals surface area contributed by atoms with Crippen molar-refractivity contribution in [2.24, 2.45) is 5.14 Å². The SMILES string of the molecule is Nc1sc(S(N)(=O)=O)nc1-c1ccccc1. The molecule has 0 saturated heterocycles. The van der Waals surface area contributed by atoms with Crippen molar-refractivity contribution in [2.45, 2.75) is 4.34 Å². The van der Waals surface area contributed by atoms with E-state index >= 15 is 0 Å². The Balaban J connectivity index is 2.57. The van der Waals surface area contributed by atoms with Gasteiger partial charge >= 0.3 is 0 Å². The van der Waals surface area contributed by atoms with Gasteiger partial charge in [0.15, 0.2) is 0 Å². The molecule has 0 bridgehead atoms. The molecule has 0 aliphatic heterocycles. The van der Waals surface area contributed by atoms with Crippen molar-refractivity contribution in [1.82, 2.24) is 4.98 Å². The van der Waals surface area contributed by atoms with Crippen LogP contribution in [0.5, 0.6) is 0 Å². The van der Waals surface area contributed by atoms with Gasteiger partial charge in [0.2, 0.25) is 4.34 Å². The number of nitrogens with two attached hydrogens (primary N) is 2. The Morgan fingerprint density at radius 1 is 1.19 bits per heavy atom. The minimum Gasteiger partial charge on any atom is -0.389 e. The molecule has 0 radical (unpaired) electrons. The third-order valence-corrected chi connectivity index (χ3v) is 4.13. The monoisotopic (exact) mass is 255 g/mol. The Morgan fingerprint density at radius 3 is 2.31 bits per heavy atom. The summed E-state index contributed by atoms with van der Waals surface area (Å²) in [6.45, 7) is 0. The van der Waals surface area contributed by atoms with Crippen LogP contribution in [0.25, 0.3) is 11.3 Å². The van der Waals surface area contributed by atoms with E-state index < -0.39 is 10.0 Å². The van der Waals surface area contributed by atoms with E-state index in [2.05, 4.69) is 4.98 Å². The van der Waals surface area contributed by atoms with E-state index in [9.17, 15) is 8.42 Å². The molecule has 16 heavy (non-hydrogen) atoms. The maximum atomic E-state index is 11.1. The van der Waals surface area contributed by atoms with Gasteiger partial charge in [-0.2, -0.15) is 0 Å². The third-order valence-electron chi connectivity index (χ3n) is 1.92. The van der Waals surface area contributed by atoms with Crippen LogP contribution in [0.2, 0.25) is 0 Å². The van der Waals surface area contributed by atoms with Gasteiger partial charge in [-0.15, -0.1) is 0 Å². The summed E-state index contributed by atoms with van der Waals surface area (Å²) in [5.41, 5.74) is 6.93. The quantitative estimate of drug-likeness (QED) is 0.837. The summed E-state index contributed by atoms with van der Waals surface area (Å²) < 4.78 is 22.0. The molecule has 1 aromatic carbocycles. The molecule has 0 amide bonds. The minimum absolute atomic E-state index is 0.163. The van der Waals surface area contributed by atoms with Crippen molar-refractivity contribution in [3.05, 3.63) is 30.3 Å². The number of nitrogen functional groups attached to an aromatic ring is 1. The summed E-state index contributed by atoms with van der Waals surface area (Å²) in [6.07, 6.45) is 0. The zero-order valence-electron chi connectivity index (χ0n) is 8.12. The second-order valence-electron chi connectivity index (χ2n) is 3.10. The molecule has 0 aliphatic carbocycles. The van der Waals surface area contributed by atoms with Crippen LogP contribution in [0, 0.1) is 0 Å². The largest absolute Gasteiger partial charge is 0.389 e. The van der Waals surface area contributed by atoms with Gasteiger partial charge in [0, 0.05) is 5.56 Å². The molecular formula is C9H9N3O2S2. The van der Waals surface area contributed by atoms with Gasteiger partial charge in [0.1, 0.15) is 10.7 Å². The van der Waals surface area contributed by atoms with Gasteiger partial charge < -0.3 is 5.73 Å². The minimum atomic E-state index is -3.79. The summed E-state index contributed by atoms with van der Waals surface area (Å²) in [7, 11) is -3.79. The lowest BCUT2D eigenvalue weighted by Crippen LogP contribution is -2.11. The Labute approximate surface area is 96.8 Å². The molecule has 0 saturated carbocycles. The van der Waals surface area contributed by atoms with Gasteiger partial charge in [-0.05, 0) is 0 Å². The third kappa shape index (κ3) is 2.06. The Bertz CT molecular complexity index is 605. The van der Waals surface area contributed by atoms with E-state index in [1.165, 1.54) is 0 Å². The second kappa shape index (κ2) is 3.85. The number of rotatable bonds is 2. The maximum absolute atomic E-state index is 11.1. The smallest absolute Gasteiger partial charge is 0.265 e. The molecule has 0 unspecified atom stereocenters. The van der Waals surface area contributed by atoms with E-state index in [1.54, 1.807) is 12.1 Å². The zero-order chi connectivity index (χ0) is 11.8. The van der Waals surface area contributed by atoms with Gasteiger partial charge in [0.05, 0.1) is 0 Å². The summed E-state index contributed by atoms with van der Waals surface area (Å²) in [5, 5.41) is 5.32. The van der Waals surface area contributed by atoms with Crippen LogP contribution in [0.4, 0.5) is 5.00 Å². The first-order chi connectivity index (χ1) is 7.48. The molecule has 0 fully saturated rings. The van der Waals surface area contributed by atoms with Crippen LogP contribution >= 0.6 is 11.3 Å². The number of sulfonamides is 1. The maximum Gasteiger partial charge on any atom is 0.265 e. The number of aromatic nitrogens is 1. The normalized spacial score (nSPS) is 11.6. The van der Waals surface area contributed by atoms with Gasteiger partial charge in [-0.1, -0.05) is 41.7 Å². The van der Waals surface area contributed by atoms with E-state index in [4.69, 9.17) is 10.9 Å². The Morgan fingerprint density at radius 2 is 1.81 bits per heavy atom. The van der Waals surface area contributed by atoms with Gasteiger partial charge in [-0.25, -0.2) is 18.5 Å². The fourth-order valence-electron chi connectivity index (χ4n) is 1.24. The average Bonchev–Trinajstić information content (AvgIpc) is 2.61. The number of thiazole rings is 1. The van der Waals surface area contributed by atoms with Crippen molar-refractivity contribution in [1.29, 1.82) is 0 Å². The van der Waals surface area contributed by atoms with Crippen LogP contribution in [0.3, 0.4) is 0 Å². The molecule has 2 rings (SSSR count). The average molecular weight is 255 g/mol. The molecule has 7 heteroatoms. The lowest BCUT2D eigenvalue weighted by molar-refractivity contribution is 0.597. The van der Waals surface area contributed by atoms with E-state index in [0.29, 0.717) is 10.7 Å². The topological polar surface area (TPSA) is 99.1 Å². The number of primary sulfonamides is 1. The highest BCUT2D eigenvalue weighted by molar-refractivity contribution is 7.91. The molecule has 5 nitrogen and oxygen atoms in total. The molecule has 2 aromatic rings. The second-order valence-corrected chi connectivity index (χ2v) is 5.87. The fraction of sp³-hybridized carbons (Fsp3) is 0. The number of hydrogen-bond donors (Lipinski definition) is 2. The summed E-state index contributed by atoms with van der Waals surface area (Å²) >= 11 is 0.870. The van der Waals surface area contributed by atoms with Crippen LogP contribution in [0.15, 0.2) is 34.7 Å². The summed E-state index contributed by atoms with van der Waals surface area (Å²) in [5.74, 6) is 0. The molecule has 0 spiro atoms. The highest BCUT2D eigenvalue weighted by Gasteiger charge is 2.17.